The Bertz CT molecular complexity index is 896. The van der Waals surface area contributed by atoms with E-state index in [9.17, 15) is 9.18 Å². The molecule has 0 N–H and O–H groups in total. The minimum absolute atomic E-state index is 0.0313. The van der Waals surface area contributed by atoms with Gasteiger partial charge in [0.05, 0.1) is 18.2 Å². The molecule has 0 amide bonds. The molecular formula is C21H29ClFN3O4. The van der Waals surface area contributed by atoms with Crippen molar-refractivity contribution in [2.75, 3.05) is 13.2 Å². The number of aromatic nitrogens is 3. The second-order valence-corrected chi connectivity index (χ2v) is 8.34. The molecule has 30 heavy (non-hydrogen) atoms. The Morgan fingerprint density at radius 3 is 2.57 bits per heavy atom. The lowest BCUT2D eigenvalue weighted by atomic mass is 9.95. The van der Waals surface area contributed by atoms with Crippen LogP contribution in [0.1, 0.15) is 52.9 Å². The summed E-state index contributed by atoms with van der Waals surface area (Å²) in [4.78, 5) is 19.2. The van der Waals surface area contributed by atoms with Crippen LogP contribution in [-0.4, -0.2) is 45.7 Å². The molecule has 1 aliphatic rings. The zero-order valence-electron chi connectivity index (χ0n) is 17.9. The molecule has 1 aliphatic carbocycles. The molecule has 1 atom stereocenters. The lowest BCUT2D eigenvalue weighted by Gasteiger charge is -2.29. The van der Waals surface area contributed by atoms with E-state index in [2.05, 4.69) is 9.97 Å². The predicted octanol–water partition coefficient (Wildman–Crippen LogP) is 4.48. The number of rotatable bonds is 9. The molecule has 1 saturated carbocycles. The van der Waals surface area contributed by atoms with Gasteiger partial charge in [-0.1, -0.05) is 18.5 Å². The van der Waals surface area contributed by atoms with Crippen LogP contribution in [0.15, 0.2) is 0 Å². The quantitative estimate of drug-likeness (QED) is 0.534. The molecule has 9 heteroatoms. The van der Waals surface area contributed by atoms with Crippen molar-refractivity contribution in [2.24, 2.45) is 13.0 Å². The van der Waals surface area contributed by atoms with Gasteiger partial charge in [-0.2, -0.15) is 14.4 Å². The third-order valence-corrected chi connectivity index (χ3v) is 5.61. The van der Waals surface area contributed by atoms with Gasteiger partial charge in [0.15, 0.2) is 0 Å². The summed E-state index contributed by atoms with van der Waals surface area (Å²) >= 11 is 6.36. The number of nitrogens with zero attached hydrogens (tertiary/aromatic N) is 3. The number of Topliss-reactive ketones (excluding diaryl/α,β-unsaturated/α-hetero) is 1. The van der Waals surface area contributed by atoms with Crippen LogP contribution in [0.25, 0.3) is 11.0 Å². The first kappa shape index (κ1) is 22.7. The molecule has 2 heterocycles. The Morgan fingerprint density at radius 2 is 1.93 bits per heavy atom. The monoisotopic (exact) mass is 441 g/mol. The van der Waals surface area contributed by atoms with E-state index in [4.69, 9.17) is 25.8 Å². The molecule has 1 fully saturated rings. The van der Waals surface area contributed by atoms with Gasteiger partial charge in [0.1, 0.15) is 22.4 Å². The summed E-state index contributed by atoms with van der Waals surface area (Å²) in [6.45, 7) is 6.33. The first-order valence-electron chi connectivity index (χ1n) is 10.4. The highest BCUT2D eigenvalue weighted by Crippen LogP contribution is 2.35. The molecule has 0 aromatic carbocycles. The Morgan fingerprint density at radius 1 is 1.27 bits per heavy atom. The number of hydrogen-bond donors (Lipinski definition) is 0. The first-order chi connectivity index (χ1) is 14.3. The van der Waals surface area contributed by atoms with E-state index in [1.165, 1.54) is 0 Å². The smallest absolute Gasteiger partial charge is 0.297 e. The second-order valence-electron chi connectivity index (χ2n) is 7.97. The molecule has 0 bridgehead atoms. The van der Waals surface area contributed by atoms with Crippen molar-refractivity contribution in [3.8, 4) is 11.9 Å². The van der Waals surface area contributed by atoms with Crippen LogP contribution in [0.3, 0.4) is 0 Å². The maximum Gasteiger partial charge on any atom is 0.297 e. The van der Waals surface area contributed by atoms with Crippen molar-refractivity contribution in [2.45, 2.75) is 65.1 Å². The molecular weight excluding hydrogens is 413 g/mol. The standard InChI is InChI=1S/C21H29ClFN3O4/c1-5-28-20-16(22)18-17(19(23)25-20)24-21(26(18)4)30-15-8-6-14(7-9-15)29-11-12(2)10-13(3)27/h12,14-15H,5-11H2,1-4H3/t12-,14?,15?/m1/s1. The third-order valence-electron chi connectivity index (χ3n) is 5.27. The maximum atomic E-state index is 14.4. The van der Waals surface area contributed by atoms with Crippen molar-refractivity contribution < 1.29 is 23.4 Å². The molecule has 2 aromatic heterocycles. The van der Waals surface area contributed by atoms with Gasteiger partial charge in [-0.3, -0.25) is 4.57 Å². The number of pyridine rings is 1. The number of halogens is 2. The van der Waals surface area contributed by atoms with Crippen LogP contribution in [0.4, 0.5) is 4.39 Å². The highest BCUT2D eigenvalue weighted by Gasteiger charge is 2.27. The van der Waals surface area contributed by atoms with Crippen LogP contribution in [0.5, 0.6) is 11.9 Å². The van der Waals surface area contributed by atoms with Crippen LogP contribution in [-0.2, 0) is 16.6 Å². The van der Waals surface area contributed by atoms with Gasteiger partial charge < -0.3 is 19.0 Å². The molecule has 0 unspecified atom stereocenters. The molecule has 7 nitrogen and oxygen atoms in total. The fourth-order valence-corrected chi connectivity index (χ4v) is 4.13. The number of aryl methyl sites for hydroxylation is 1. The van der Waals surface area contributed by atoms with E-state index >= 15 is 0 Å². The van der Waals surface area contributed by atoms with Crippen LogP contribution in [0.2, 0.25) is 5.02 Å². The van der Waals surface area contributed by atoms with Gasteiger partial charge in [0.25, 0.3) is 6.01 Å². The number of fused-ring (bicyclic) bond motifs is 1. The molecule has 0 spiro atoms. The molecule has 0 radical (unpaired) electrons. The minimum atomic E-state index is -0.736. The van der Waals surface area contributed by atoms with Crippen molar-refractivity contribution in [1.29, 1.82) is 0 Å². The number of imidazole rings is 1. The number of hydrogen-bond acceptors (Lipinski definition) is 6. The SMILES string of the molecule is CCOc1nc(F)c2nc(OC3CCC(OC[C@H](C)CC(C)=O)CC3)n(C)c2c1Cl. The highest BCUT2D eigenvalue weighted by molar-refractivity contribution is 6.36. The number of ketones is 1. The minimum Gasteiger partial charge on any atom is -0.477 e. The number of carbonyl (C=O) groups excluding carboxylic acids is 1. The second kappa shape index (κ2) is 9.92. The third kappa shape index (κ3) is 5.21. The maximum absolute atomic E-state index is 14.4. The summed E-state index contributed by atoms with van der Waals surface area (Å²) in [6.07, 6.45) is 4.05. The lowest BCUT2D eigenvalue weighted by Crippen LogP contribution is -2.30. The molecule has 0 saturated heterocycles. The number of carbonyl (C=O) groups is 1. The summed E-state index contributed by atoms with van der Waals surface area (Å²) in [5, 5.41) is 0.217. The van der Waals surface area contributed by atoms with Gasteiger partial charge in [-0.05, 0) is 45.4 Å². The average Bonchev–Trinajstić information content (AvgIpc) is 3.02. The van der Waals surface area contributed by atoms with Gasteiger partial charge in [-0.25, -0.2) is 0 Å². The fraction of sp³-hybridized carbons (Fsp3) is 0.667. The van der Waals surface area contributed by atoms with E-state index in [1.807, 2.05) is 6.92 Å². The largest absolute Gasteiger partial charge is 0.477 e. The zero-order chi connectivity index (χ0) is 21.8. The first-order valence-corrected chi connectivity index (χ1v) is 10.8. The summed E-state index contributed by atoms with van der Waals surface area (Å²) in [5.41, 5.74) is 0.469. The van der Waals surface area contributed by atoms with Crippen LogP contribution in [0, 0.1) is 11.9 Å². The highest BCUT2D eigenvalue weighted by atomic mass is 35.5. The van der Waals surface area contributed by atoms with Crippen molar-refractivity contribution in [3.63, 3.8) is 0 Å². The van der Waals surface area contributed by atoms with E-state index in [0.29, 0.717) is 31.2 Å². The summed E-state index contributed by atoms with van der Waals surface area (Å²) in [7, 11) is 1.73. The Labute approximate surface area is 180 Å². The van der Waals surface area contributed by atoms with E-state index in [1.54, 1.807) is 25.5 Å². The van der Waals surface area contributed by atoms with E-state index in [0.717, 1.165) is 25.7 Å². The van der Waals surface area contributed by atoms with Crippen molar-refractivity contribution in [1.82, 2.24) is 14.5 Å². The van der Waals surface area contributed by atoms with Crippen LogP contribution >= 0.6 is 11.6 Å². The molecule has 0 aliphatic heterocycles. The molecule has 2 aromatic rings. The van der Waals surface area contributed by atoms with Crippen LogP contribution < -0.4 is 9.47 Å². The Balaban J connectivity index is 1.61. The zero-order valence-corrected chi connectivity index (χ0v) is 18.7. The van der Waals surface area contributed by atoms with Gasteiger partial charge in [-0.15, -0.1) is 0 Å². The van der Waals surface area contributed by atoms with Crippen molar-refractivity contribution in [3.05, 3.63) is 11.0 Å². The summed E-state index contributed by atoms with van der Waals surface area (Å²) < 4.78 is 33.4. The summed E-state index contributed by atoms with van der Waals surface area (Å²) in [6, 6.07) is 0.306. The van der Waals surface area contributed by atoms with Crippen molar-refractivity contribution >= 4 is 28.4 Å². The van der Waals surface area contributed by atoms with Gasteiger partial charge in [0, 0.05) is 20.1 Å². The lowest BCUT2D eigenvalue weighted by molar-refractivity contribution is -0.118. The molecule has 3 rings (SSSR count). The number of ether oxygens (including phenoxy) is 3. The average molecular weight is 442 g/mol. The Kier molecular flexibility index (Phi) is 7.52. The topological polar surface area (TPSA) is 75.5 Å². The Hall–Kier alpha value is -1.93. The normalized spacial score (nSPS) is 20.3. The van der Waals surface area contributed by atoms with E-state index < -0.39 is 5.95 Å². The van der Waals surface area contributed by atoms with Gasteiger partial charge >= 0.3 is 0 Å². The van der Waals surface area contributed by atoms with Gasteiger partial charge in [0.2, 0.25) is 11.8 Å². The predicted molar refractivity (Wildman–Crippen MR) is 112 cm³/mol. The molecule has 166 valence electrons. The fourth-order valence-electron chi connectivity index (χ4n) is 3.82. The van der Waals surface area contributed by atoms with E-state index in [-0.39, 0.29) is 40.3 Å². The summed E-state index contributed by atoms with van der Waals surface area (Å²) in [5.74, 6) is -0.271.